The predicted octanol–water partition coefficient (Wildman–Crippen LogP) is 2.88. The summed E-state index contributed by atoms with van der Waals surface area (Å²) >= 11 is 0. The van der Waals surface area contributed by atoms with Gasteiger partial charge < -0.3 is 5.11 Å². The van der Waals surface area contributed by atoms with E-state index in [4.69, 9.17) is 5.11 Å². The van der Waals surface area contributed by atoms with Crippen LogP contribution in [0.4, 0.5) is 0 Å². The molecule has 2 nitrogen and oxygen atoms in total. The highest BCUT2D eigenvalue weighted by molar-refractivity contribution is 5.85. The third kappa shape index (κ3) is 2.25. The lowest BCUT2D eigenvalue weighted by atomic mass is 9.69. The fourth-order valence-corrected chi connectivity index (χ4v) is 1.82. The zero-order valence-corrected chi connectivity index (χ0v) is 8.93. The van der Waals surface area contributed by atoms with Gasteiger partial charge in [0.15, 0.2) is 0 Å². The van der Waals surface area contributed by atoms with Gasteiger partial charge in [-0.05, 0) is 25.2 Å². The van der Waals surface area contributed by atoms with E-state index in [0.717, 1.165) is 12.8 Å². The molecule has 0 aromatic heterocycles. The summed E-state index contributed by atoms with van der Waals surface area (Å²) < 4.78 is 0. The maximum absolute atomic E-state index is 11.1. The van der Waals surface area contributed by atoms with Crippen LogP contribution < -0.4 is 0 Å². The molecule has 0 radical (unpaired) electrons. The fourth-order valence-electron chi connectivity index (χ4n) is 1.82. The first-order valence-electron chi connectivity index (χ1n) is 4.48. The molecule has 0 amide bonds. The number of allylic oxidation sites excluding steroid dienone is 2. The smallest absolute Gasteiger partial charge is 0.310 e. The molecule has 1 aliphatic carbocycles. The van der Waals surface area contributed by atoms with Gasteiger partial charge in [0, 0.05) is 0 Å². The molecule has 1 atom stereocenters. The highest BCUT2D eigenvalue weighted by Crippen LogP contribution is 2.39. The van der Waals surface area contributed by atoms with Crippen LogP contribution in [0.25, 0.3) is 0 Å². The van der Waals surface area contributed by atoms with Gasteiger partial charge in [-0.3, -0.25) is 4.79 Å². The predicted molar refractivity (Wildman–Crippen MR) is 55.1 cm³/mol. The van der Waals surface area contributed by atoms with Crippen LogP contribution in [0, 0.1) is 11.3 Å². The molecule has 0 heterocycles. The van der Waals surface area contributed by atoms with E-state index in [1.54, 1.807) is 0 Å². The topological polar surface area (TPSA) is 37.3 Å². The van der Waals surface area contributed by atoms with E-state index in [9.17, 15) is 4.79 Å². The minimum atomic E-state index is -0.637. The van der Waals surface area contributed by atoms with Crippen LogP contribution in [0.3, 0.4) is 0 Å². The molecule has 0 spiro atoms. The second-order valence-corrected chi connectivity index (χ2v) is 3.83. The third-order valence-electron chi connectivity index (χ3n) is 2.94. The van der Waals surface area contributed by atoms with Crippen LogP contribution in [-0.2, 0) is 4.79 Å². The van der Waals surface area contributed by atoms with Gasteiger partial charge >= 0.3 is 5.97 Å². The van der Waals surface area contributed by atoms with Gasteiger partial charge in [0.2, 0.25) is 0 Å². The van der Waals surface area contributed by atoms with Gasteiger partial charge in [0.05, 0.1) is 5.41 Å². The molecule has 1 rings (SSSR count). The minimum Gasteiger partial charge on any atom is -0.481 e. The molecule has 1 N–H and O–H groups in total. The number of rotatable bonds is 2. The zero-order valence-electron chi connectivity index (χ0n) is 8.12. The number of aliphatic carboxylic acids is 1. The second-order valence-electron chi connectivity index (χ2n) is 3.83. The first-order chi connectivity index (χ1) is 5.59. The van der Waals surface area contributed by atoms with Crippen molar-refractivity contribution in [1.29, 1.82) is 0 Å². The summed E-state index contributed by atoms with van der Waals surface area (Å²) in [5.41, 5.74) is -0.491. The molecule has 0 aliphatic heterocycles. The molecule has 1 aliphatic rings. The van der Waals surface area contributed by atoms with Gasteiger partial charge in [-0.2, -0.15) is 0 Å². The number of carboxylic acids is 1. The Morgan fingerprint density at radius 3 is 2.31 bits per heavy atom. The van der Waals surface area contributed by atoms with Crippen molar-refractivity contribution < 1.29 is 9.90 Å². The summed E-state index contributed by atoms with van der Waals surface area (Å²) in [6.07, 6.45) is 6.46. The van der Waals surface area contributed by atoms with Crippen LogP contribution in [0.1, 0.15) is 33.1 Å². The molecule has 0 fully saturated rings. The lowest BCUT2D eigenvalue weighted by molar-refractivity contribution is -0.152. The Bertz CT molecular complexity index is 211. The van der Waals surface area contributed by atoms with E-state index in [0.29, 0.717) is 6.42 Å². The van der Waals surface area contributed by atoms with Gasteiger partial charge in [-0.1, -0.05) is 26.0 Å². The SMILES string of the molecule is CC(C)C1(C(=O)O)CC=CCC1.Cl. The summed E-state index contributed by atoms with van der Waals surface area (Å²) in [6.45, 7) is 3.99. The van der Waals surface area contributed by atoms with E-state index >= 15 is 0 Å². The number of halogens is 1. The monoisotopic (exact) mass is 204 g/mol. The minimum absolute atomic E-state index is 0. The van der Waals surface area contributed by atoms with E-state index in [1.807, 2.05) is 19.9 Å². The molecule has 13 heavy (non-hydrogen) atoms. The maximum Gasteiger partial charge on any atom is 0.310 e. The molecule has 0 aromatic carbocycles. The second kappa shape index (κ2) is 4.66. The third-order valence-corrected chi connectivity index (χ3v) is 2.94. The summed E-state index contributed by atoms with van der Waals surface area (Å²) in [7, 11) is 0. The van der Waals surface area contributed by atoms with Crippen LogP contribution in [0.2, 0.25) is 0 Å². The lowest BCUT2D eigenvalue weighted by Gasteiger charge is -2.34. The van der Waals surface area contributed by atoms with Crippen molar-refractivity contribution in [3.8, 4) is 0 Å². The molecule has 0 saturated heterocycles. The Kier molecular flexibility index (Phi) is 4.48. The molecular weight excluding hydrogens is 188 g/mol. The highest BCUT2D eigenvalue weighted by Gasteiger charge is 2.40. The average molecular weight is 205 g/mol. The first-order valence-corrected chi connectivity index (χ1v) is 4.48. The average Bonchev–Trinajstić information content (AvgIpc) is 2.05. The zero-order chi connectivity index (χ0) is 9.19. The van der Waals surface area contributed by atoms with Crippen LogP contribution in [0.15, 0.2) is 12.2 Å². The van der Waals surface area contributed by atoms with Crippen LogP contribution >= 0.6 is 12.4 Å². The van der Waals surface area contributed by atoms with Gasteiger partial charge in [0.1, 0.15) is 0 Å². The Balaban J connectivity index is 0.00000144. The fraction of sp³-hybridized carbons (Fsp3) is 0.700. The Morgan fingerprint density at radius 1 is 1.46 bits per heavy atom. The molecule has 0 aromatic rings. The largest absolute Gasteiger partial charge is 0.481 e. The Morgan fingerprint density at radius 2 is 2.08 bits per heavy atom. The molecule has 3 heteroatoms. The molecule has 1 unspecified atom stereocenters. The number of hydrogen-bond donors (Lipinski definition) is 1. The van der Waals surface area contributed by atoms with Crippen LogP contribution in [-0.4, -0.2) is 11.1 Å². The van der Waals surface area contributed by atoms with E-state index in [2.05, 4.69) is 6.08 Å². The number of carbonyl (C=O) groups is 1. The van der Waals surface area contributed by atoms with Crippen molar-refractivity contribution in [3.05, 3.63) is 12.2 Å². The van der Waals surface area contributed by atoms with Gasteiger partial charge in [-0.15, -0.1) is 12.4 Å². The molecule has 0 bridgehead atoms. The number of carboxylic acid groups (broad SMARTS) is 1. The normalized spacial score (nSPS) is 27.0. The van der Waals surface area contributed by atoms with Gasteiger partial charge in [0.25, 0.3) is 0 Å². The summed E-state index contributed by atoms with van der Waals surface area (Å²) in [5, 5.41) is 9.13. The first kappa shape index (κ1) is 12.5. The van der Waals surface area contributed by atoms with Crippen molar-refractivity contribution in [2.24, 2.45) is 11.3 Å². The van der Waals surface area contributed by atoms with Crippen LogP contribution in [0.5, 0.6) is 0 Å². The van der Waals surface area contributed by atoms with Gasteiger partial charge in [-0.25, -0.2) is 0 Å². The van der Waals surface area contributed by atoms with E-state index in [1.165, 1.54) is 0 Å². The van der Waals surface area contributed by atoms with Crippen molar-refractivity contribution >= 4 is 18.4 Å². The molecule has 76 valence electrons. The summed E-state index contributed by atoms with van der Waals surface area (Å²) in [5.74, 6) is -0.415. The van der Waals surface area contributed by atoms with E-state index in [-0.39, 0.29) is 18.3 Å². The Labute approximate surface area is 85.4 Å². The summed E-state index contributed by atoms with van der Waals surface area (Å²) in [4.78, 5) is 11.1. The molecule has 0 saturated carbocycles. The van der Waals surface area contributed by atoms with Crippen molar-refractivity contribution in [2.75, 3.05) is 0 Å². The van der Waals surface area contributed by atoms with Crippen molar-refractivity contribution in [3.63, 3.8) is 0 Å². The Hall–Kier alpha value is -0.500. The lowest BCUT2D eigenvalue weighted by Crippen LogP contribution is -2.36. The molecular formula is C10H17ClO2. The van der Waals surface area contributed by atoms with Crippen molar-refractivity contribution in [1.82, 2.24) is 0 Å². The van der Waals surface area contributed by atoms with E-state index < -0.39 is 11.4 Å². The quantitative estimate of drug-likeness (QED) is 0.703. The highest BCUT2D eigenvalue weighted by atomic mass is 35.5. The summed E-state index contributed by atoms with van der Waals surface area (Å²) in [6, 6.07) is 0. The maximum atomic E-state index is 11.1. The number of hydrogen-bond acceptors (Lipinski definition) is 1. The van der Waals surface area contributed by atoms with Crippen molar-refractivity contribution in [2.45, 2.75) is 33.1 Å². The standard InChI is InChI=1S/C10H16O2.ClH/c1-8(2)10(9(11)12)6-4-3-5-7-10;/h3-4,8H,5-7H2,1-2H3,(H,11,12);1H.